The van der Waals surface area contributed by atoms with Gasteiger partial charge >= 0.3 is 24.2 Å². The second-order valence-corrected chi connectivity index (χ2v) is 8.58. The molecule has 0 radical (unpaired) electrons. The van der Waals surface area contributed by atoms with Gasteiger partial charge in [0, 0.05) is 6.54 Å². The summed E-state index contributed by atoms with van der Waals surface area (Å²) >= 11 is 0. The lowest BCUT2D eigenvalue weighted by Gasteiger charge is -2.27. The minimum absolute atomic E-state index is 0.105. The Morgan fingerprint density at radius 1 is 1.07 bits per heavy atom. The first-order chi connectivity index (χ1) is 13.0. The van der Waals surface area contributed by atoms with Gasteiger partial charge in [-0.25, -0.2) is 8.42 Å². The number of sulfone groups is 1. The molecule has 2 rings (SSSR count). The maximum Gasteiger partial charge on any atom is 0.454 e. The number of hydrogen-bond acceptors (Lipinski definition) is 4. The third-order valence-corrected chi connectivity index (χ3v) is 6.59. The largest absolute Gasteiger partial charge is 0.480 e. The van der Waals surface area contributed by atoms with Crippen LogP contribution in [-0.4, -0.2) is 60.9 Å². The third-order valence-electron chi connectivity index (χ3n) is 4.40. The standard InChI is InChI=1S/C15H13F8NO4S/c16-13(17,15(21,22)23)7-24-6-8(5-10(24)12(25)26)29(27,28)11-4-2-1-3-9(11)14(18,19)20/h1-4,8,10H,5-7H2,(H,25,26). The summed E-state index contributed by atoms with van der Waals surface area (Å²) < 4.78 is 129. The molecule has 0 amide bonds. The van der Waals surface area contributed by atoms with Gasteiger partial charge in [-0.15, -0.1) is 0 Å². The van der Waals surface area contributed by atoms with Crippen LogP contribution in [0.3, 0.4) is 0 Å². The van der Waals surface area contributed by atoms with Gasteiger partial charge in [-0.05, 0) is 18.6 Å². The predicted octanol–water partition coefficient (Wildman–Crippen LogP) is 3.20. The summed E-state index contributed by atoms with van der Waals surface area (Å²) in [6.45, 7) is -3.24. The van der Waals surface area contributed by atoms with Crippen LogP contribution < -0.4 is 0 Å². The molecule has 0 aromatic heterocycles. The van der Waals surface area contributed by atoms with E-state index >= 15 is 0 Å². The van der Waals surface area contributed by atoms with Gasteiger partial charge in [-0.3, -0.25) is 9.69 Å². The quantitative estimate of drug-likeness (QED) is 0.691. The number of halogens is 8. The molecule has 2 atom stereocenters. The van der Waals surface area contributed by atoms with Crippen LogP contribution in [0.4, 0.5) is 35.1 Å². The molecule has 1 N–H and O–H groups in total. The number of rotatable bonds is 5. The van der Waals surface area contributed by atoms with E-state index in [0.717, 1.165) is 12.1 Å². The zero-order valence-electron chi connectivity index (χ0n) is 14.1. The predicted molar refractivity (Wildman–Crippen MR) is 81.0 cm³/mol. The fourth-order valence-corrected chi connectivity index (χ4v) is 4.93. The van der Waals surface area contributed by atoms with E-state index in [1.54, 1.807) is 0 Å². The van der Waals surface area contributed by atoms with E-state index in [4.69, 9.17) is 5.11 Å². The van der Waals surface area contributed by atoms with Crippen LogP contribution in [0.5, 0.6) is 0 Å². The first kappa shape index (κ1) is 23.3. The van der Waals surface area contributed by atoms with Gasteiger partial charge in [0.15, 0.2) is 9.84 Å². The van der Waals surface area contributed by atoms with Crippen molar-refractivity contribution in [3.63, 3.8) is 0 Å². The molecule has 1 aromatic rings. The summed E-state index contributed by atoms with van der Waals surface area (Å²) in [6.07, 6.45) is -12.1. The zero-order chi connectivity index (χ0) is 22.4. The van der Waals surface area contributed by atoms with Crippen LogP contribution in [0.1, 0.15) is 12.0 Å². The van der Waals surface area contributed by atoms with Crippen LogP contribution in [-0.2, 0) is 20.8 Å². The molecule has 164 valence electrons. The SMILES string of the molecule is O=C(O)C1CC(S(=O)(=O)c2ccccc2C(F)(F)F)CN1CC(F)(F)C(F)(F)F. The van der Waals surface area contributed by atoms with Gasteiger partial charge in [-0.1, -0.05) is 12.1 Å². The maximum atomic E-state index is 13.3. The maximum absolute atomic E-state index is 13.3. The highest BCUT2D eigenvalue weighted by Crippen LogP contribution is 2.40. The Hall–Kier alpha value is -1.96. The van der Waals surface area contributed by atoms with Gasteiger partial charge in [-0.2, -0.15) is 35.1 Å². The number of alkyl halides is 8. The molecule has 0 saturated carbocycles. The Morgan fingerprint density at radius 2 is 1.62 bits per heavy atom. The van der Waals surface area contributed by atoms with E-state index < -0.39 is 75.3 Å². The zero-order valence-corrected chi connectivity index (χ0v) is 15.0. The van der Waals surface area contributed by atoms with E-state index in [1.807, 2.05) is 0 Å². The Bertz CT molecular complexity index is 881. The molecule has 1 fully saturated rings. The Labute approximate surface area is 158 Å². The highest BCUT2D eigenvalue weighted by molar-refractivity contribution is 7.92. The van der Waals surface area contributed by atoms with Crippen LogP contribution in [0.25, 0.3) is 0 Å². The van der Waals surface area contributed by atoms with E-state index in [2.05, 4.69) is 0 Å². The molecule has 0 aliphatic carbocycles. The minimum Gasteiger partial charge on any atom is -0.480 e. The number of carboxylic acid groups (broad SMARTS) is 1. The Balaban J connectivity index is 2.41. The smallest absolute Gasteiger partial charge is 0.454 e. The van der Waals surface area contributed by atoms with Crippen LogP contribution >= 0.6 is 0 Å². The monoisotopic (exact) mass is 455 g/mol. The molecule has 29 heavy (non-hydrogen) atoms. The van der Waals surface area contributed by atoms with Gasteiger partial charge in [0.2, 0.25) is 0 Å². The molecule has 1 aliphatic heterocycles. The number of benzene rings is 1. The van der Waals surface area contributed by atoms with E-state index in [0.29, 0.717) is 12.1 Å². The van der Waals surface area contributed by atoms with Crippen molar-refractivity contribution in [2.24, 2.45) is 0 Å². The lowest BCUT2D eigenvalue weighted by atomic mass is 10.2. The second kappa shape index (κ2) is 7.38. The summed E-state index contributed by atoms with van der Waals surface area (Å²) in [6, 6.07) is 0.919. The van der Waals surface area contributed by atoms with Crippen molar-refractivity contribution in [3.05, 3.63) is 29.8 Å². The minimum atomic E-state index is -6.02. The summed E-state index contributed by atoms with van der Waals surface area (Å²) in [7, 11) is -4.89. The Kier molecular flexibility index (Phi) is 5.93. The normalized spacial score (nSPS) is 22.1. The van der Waals surface area contributed by atoms with Gasteiger partial charge in [0.05, 0.1) is 22.3 Å². The van der Waals surface area contributed by atoms with Gasteiger partial charge < -0.3 is 5.11 Å². The molecule has 0 spiro atoms. The average molecular weight is 455 g/mol. The van der Waals surface area contributed by atoms with Gasteiger partial charge in [0.25, 0.3) is 0 Å². The number of aliphatic carboxylic acids is 1. The summed E-state index contributed by atoms with van der Waals surface area (Å²) in [5.41, 5.74) is -1.55. The van der Waals surface area contributed by atoms with Crippen molar-refractivity contribution < 1.29 is 53.4 Å². The first-order valence-corrected chi connectivity index (χ1v) is 9.34. The Morgan fingerprint density at radius 3 is 2.10 bits per heavy atom. The van der Waals surface area contributed by atoms with Gasteiger partial charge in [0.1, 0.15) is 6.04 Å². The fraction of sp³-hybridized carbons (Fsp3) is 0.533. The van der Waals surface area contributed by atoms with Crippen molar-refractivity contribution >= 4 is 15.8 Å². The lowest BCUT2D eigenvalue weighted by molar-refractivity contribution is -0.287. The van der Waals surface area contributed by atoms with Crippen molar-refractivity contribution in [1.29, 1.82) is 0 Å². The van der Waals surface area contributed by atoms with Crippen molar-refractivity contribution in [1.82, 2.24) is 4.90 Å². The number of carboxylic acids is 1. The van der Waals surface area contributed by atoms with Crippen molar-refractivity contribution in [2.75, 3.05) is 13.1 Å². The van der Waals surface area contributed by atoms with Crippen LogP contribution in [0, 0.1) is 0 Å². The highest BCUT2D eigenvalue weighted by Gasteiger charge is 2.60. The number of carbonyl (C=O) groups is 1. The lowest BCUT2D eigenvalue weighted by Crippen LogP contribution is -2.50. The van der Waals surface area contributed by atoms with Crippen LogP contribution in [0.15, 0.2) is 29.2 Å². The molecular weight excluding hydrogens is 442 g/mol. The fourth-order valence-electron chi connectivity index (χ4n) is 2.99. The molecule has 2 unspecified atom stereocenters. The summed E-state index contributed by atoms with van der Waals surface area (Å²) in [4.78, 5) is 10.1. The van der Waals surface area contributed by atoms with Crippen LogP contribution in [0.2, 0.25) is 0 Å². The summed E-state index contributed by atoms with van der Waals surface area (Å²) in [5.74, 6) is -7.21. The molecule has 14 heteroatoms. The average Bonchev–Trinajstić information content (AvgIpc) is 2.97. The number of likely N-dealkylation sites (tertiary alicyclic amines) is 1. The molecular formula is C15H13F8NO4S. The molecule has 5 nitrogen and oxygen atoms in total. The first-order valence-electron chi connectivity index (χ1n) is 7.80. The third kappa shape index (κ3) is 4.63. The van der Waals surface area contributed by atoms with Crippen molar-refractivity contribution in [2.45, 2.75) is 40.9 Å². The molecule has 1 heterocycles. The molecule has 1 saturated heterocycles. The molecule has 0 bridgehead atoms. The number of hydrogen-bond donors (Lipinski definition) is 1. The highest BCUT2D eigenvalue weighted by atomic mass is 32.2. The van der Waals surface area contributed by atoms with E-state index in [9.17, 15) is 48.3 Å². The molecule has 1 aromatic carbocycles. The molecule has 1 aliphatic rings. The summed E-state index contributed by atoms with van der Waals surface area (Å²) in [5, 5.41) is 7.16. The second-order valence-electron chi connectivity index (χ2n) is 6.38. The number of nitrogens with zero attached hydrogens (tertiary/aromatic N) is 1. The van der Waals surface area contributed by atoms with Crippen molar-refractivity contribution in [3.8, 4) is 0 Å². The topological polar surface area (TPSA) is 74.7 Å². The van der Waals surface area contributed by atoms with E-state index in [1.165, 1.54) is 0 Å². The van der Waals surface area contributed by atoms with E-state index in [-0.39, 0.29) is 4.90 Å².